The minimum atomic E-state index is 0.485. The van der Waals surface area contributed by atoms with Gasteiger partial charge in [-0.1, -0.05) is 13.8 Å². The number of nitrogens with zero attached hydrogens (tertiary/aromatic N) is 2. The van der Waals surface area contributed by atoms with Crippen molar-refractivity contribution >= 4 is 16.5 Å². The minimum Gasteiger partial charge on any atom is -0.345 e. The van der Waals surface area contributed by atoms with E-state index in [1.807, 2.05) is 6.92 Å². The number of anilines is 1. The van der Waals surface area contributed by atoms with Gasteiger partial charge >= 0.3 is 0 Å². The number of aromatic nitrogens is 1. The first-order chi connectivity index (χ1) is 7.45. The molecule has 0 saturated heterocycles. The van der Waals surface area contributed by atoms with Gasteiger partial charge in [0.05, 0.1) is 5.69 Å². The zero-order valence-electron chi connectivity index (χ0n) is 10.9. The van der Waals surface area contributed by atoms with Crippen molar-refractivity contribution in [3.63, 3.8) is 0 Å². The molecule has 0 amide bonds. The fraction of sp³-hybridized carbons (Fsp3) is 0.750. The fourth-order valence-corrected chi connectivity index (χ4v) is 2.71. The van der Waals surface area contributed by atoms with Gasteiger partial charge in [0.15, 0.2) is 5.13 Å². The molecule has 0 saturated carbocycles. The SMILES string of the molecule is Cc1nc(N(CC(C)C)C(C)C)sc1CN. The molecule has 0 aliphatic carbocycles. The maximum absolute atomic E-state index is 5.69. The second-order valence-corrected chi connectivity index (χ2v) is 5.91. The molecular weight excluding hydrogens is 218 g/mol. The van der Waals surface area contributed by atoms with E-state index in [-0.39, 0.29) is 0 Å². The number of rotatable bonds is 5. The summed E-state index contributed by atoms with van der Waals surface area (Å²) in [5.41, 5.74) is 6.77. The Labute approximate surface area is 103 Å². The van der Waals surface area contributed by atoms with E-state index < -0.39 is 0 Å². The normalized spacial score (nSPS) is 11.5. The van der Waals surface area contributed by atoms with Crippen LogP contribution in [0.4, 0.5) is 5.13 Å². The molecule has 0 spiro atoms. The van der Waals surface area contributed by atoms with Crippen molar-refractivity contribution in [1.29, 1.82) is 0 Å². The average molecular weight is 241 g/mol. The summed E-state index contributed by atoms with van der Waals surface area (Å²) in [6.45, 7) is 12.6. The van der Waals surface area contributed by atoms with Crippen LogP contribution in [0, 0.1) is 12.8 Å². The Morgan fingerprint density at radius 2 is 1.94 bits per heavy atom. The smallest absolute Gasteiger partial charge is 0.186 e. The molecule has 1 heterocycles. The zero-order valence-corrected chi connectivity index (χ0v) is 11.8. The van der Waals surface area contributed by atoms with Gasteiger partial charge in [-0.15, -0.1) is 11.3 Å². The Balaban J connectivity index is 2.92. The first-order valence-corrected chi connectivity index (χ1v) is 6.70. The standard InChI is InChI=1S/C12H23N3S/c1-8(2)7-15(9(3)4)12-14-10(5)11(6-13)16-12/h8-9H,6-7,13H2,1-5H3. The van der Waals surface area contributed by atoms with E-state index in [0.717, 1.165) is 17.4 Å². The van der Waals surface area contributed by atoms with Gasteiger partial charge < -0.3 is 10.6 Å². The lowest BCUT2D eigenvalue weighted by atomic mass is 10.2. The highest BCUT2D eigenvalue weighted by molar-refractivity contribution is 7.15. The quantitative estimate of drug-likeness (QED) is 0.862. The summed E-state index contributed by atoms with van der Waals surface area (Å²) in [4.78, 5) is 8.18. The van der Waals surface area contributed by atoms with Crippen molar-refractivity contribution in [3.05, 3.63) is 10.6 Å². The average Bonchev–Trinajstić information content (AvgIpc) is 2.55. The van der Waals surface area contributed by atoms with Gasteiger partial charge in [0.2, 0.25) is 0 Å². The Bertz CT molecular complexity index is 331. The van der Waals surface area contributed by atoms with Gasteiger partial charge in [-0.2, -0.15) is 0 Å². The second kappa shape index (κ2) is 5.64. The van der Waals surface area contributed by atoms with Crippen LogP contribution in [0.5, 0.6) is 0 Å². The van der Waals surface area contributed by atoms with Crippen LogP contribution in [-0.2, 0) is 6.54 Å². The molecule has 1 aromatic rings. The van der Waals surface area contributed by atoms with E-state index in [9.17, 15) is 0 Å². The van der Waals surface area contributed by atoms with Crippen molar-refractivity contribution in [2.24, 2.45) is 11.7 Å². The first kappa shape index (κ1) is 13.5. The highest BCUT2D eigenvalue weighted by Crippen LogP contribution is 2.27. The maximum Gasteiger partial charge on any atom is 0.186 e. The Morgan fingerprint density at radius 3 is 2.31 bits per heavy atom. The van der Waals surface area contributed by atoms with E-state index in [0.29, 0.717) is 18.5 Å². The van der Waals surface area contributed by atoms with Crippen LogP contribution in [0.25, 0.3) is 0 Å². The Hall–Kier alpha value is -0.610. The van der Waals surface area contributed by atoms with Crippen molar-refractivity contribution in [3.8, 4) is 0 Å². The number of thiazole rings is 1. The number of hydrogen-bond donors (Lipinski definition) is 1. The summed E-state index contributed by atoms with van der Waals surface area (Å²) >= 11 is 1.73. The van der Waals surface area contributed by atoms with E-state index in [2.05, 4.69) is 37.6 Å². The van der Waals surface area contributed by atoms with Gasteiger partial charge in [-0.3, -0.25) is 0 Å². The van der Waals surface area contributed by atoms with Crippen LogP contribution >= 0.6 is 11.3 Å². The van der Waals surface area contributed by atoms with Gasteiger partial charge in [-0.05, 0) is 26.7 Å². The van der Waals surface area contributed by atoms with E-state index >= 15 is 0 Å². The Kier molecular flexibility index (Phi) is 4.74. The molecule has 0 bridgehead atoms. The topological polar surface area (TPSA) is 42.2 Å². The predicted molar refractivity (Wildman–Crippen MR) is 72.1 cm³/mol. The molecule has 0 radical (unpaired) electrons. The van der Waals surface area contributed by atoms with Gasteiger partial charge in [0.25, 0.3) is 0 Å². The maximum atomic E-state index is 5.69. The summed E-state index contributed by atoms with van der Waals surface area (Å²) in [5.74, 6) is 0.646. The van der Waals surface area contributed by atoms with Crippen molar-refractivity contribution in [2.75, 3.05) is 11.4 Å². The first-order valence-electron chi connectivity index (χ1n) is 5.88. The molecule has 2 N–H and O–H groups in total. The molecule has 0 aliphatic heterocycles. The van der Waals surface area contributed by atoms with Crippen LogP contribution in [-0.4, -0.2) is 17.6 Å². The van der Waals surface area contributed by atoms with Gasteiger partial charge in [0.1, 0.15) is 0 Å². The molecule has 0 aliphatic rings. The highest BCUT2D eigenvalue weighted by atomic mass is 32.1. The highest BCUT2D eigenvalue weighted by Gasteiger charge is 2.17. The molecule has 1 aromatic heterocycles. The van der Waals surface area contributed by atoms with Crippen molar-refractivity contribution in [1.82, 2.24) is 4.98 Å². The Morgan fingerprint density at radius 1 is 1.31 bits per heavy atom. The molecule has 0 atom stereocenters. The van der Waals surface area contributed by atoms with E-state index in [1.54, 1.807) is 11.3 Å². The second-order valence-electron chi connectivity index (χ2n) is 4.85. The lowest BCUT2D eigenvalue weighted by Crippen LogP contribution is -2.34. The molecule has 0 fully saturated rings. The summed E-state index contributed by atoms with van der Waals surface area (Å²) in [6.07, 6.45) is 0. The number of hydrogen-bond acceptors (Lipinski definition) is 4. The third-order valence-electron chi connectivity index (χ3n) is 2.50. The van der Waals surface area contributed by atoms with Crippen LogP contribution in [0.15, 0.2) is 0 Å². The van der Waals surface area contributed by atoms with Gasteiger partial charge in [0, 0.05) is 24.0 Å². The molecule has 4 heteroatoms. The number of aryl methyl sites for hydroxylation is 1. The number of nitrogens with two attached hydrogens (primary N) is 1. The third-order valence-corrected chi connectivity index (χ3v) is 3.71. The van der Waals surface area contributed by atoms with Crippen LogP contribution in [0.2, 0.25) is 0 Å². The summed E-state index contributed by atoms with van der Waals surface area (Å²) in [5, 5.41) is 1.11. The summed E-state index contributed by atoms with van der Waals surface area (Å²) in [6, 6.07) is 0.485. The molecule has 0 aromatic carbocycles. The van der Waals surface area contributed by atoms with Crippen LogP contribution in [0.1, 0.15) is 38.3 Å². The monoisotopic (exact) mass is 241 g/mol. The molecular formula is C12H23N3S. The zero-order chi connectivity index (χ0) is 12.3. The summed E-state index contributed by atoms with van der Waals surface area (Å²) in [7, 11) is 0. The molecule has 0 unspecified atom stereocenters. The van der Waals surface area contributed by atoms with Gasteiger partial charge in [-0.25, -0.2) is 4.98 Å². The predicted octanol–water partition coefficient (Wildman–Crippen LogP) is 2.78. The molecule has 1 rings (SSSR count). The van der Waals surface area contributed by atoms with Crippen molar-refractivity contribution in [2.45, 2.75) is 47.2 Å². The lowest BCUT2D eigenvalue weighted by molar-refractivity contribution is 0.569. The molecule has 3 nitrogen and oxygen atoms in total. The fourth-order valence-electron chi connectivity index (χ4n) is 1.63. The van der Waals surface area contributed by atoms with Crippen molar-refractivity contribution < 1.29 is 0 Å². The lowest BCUT2D eigenvalue weighted by Gasteiger charge is -2.27. The summed E-state index contributed by atoms with van der Waals surface area (Å²) < 4.78 is 0. The molecule has 16 heavy (non-hydrogen) atoms. The third kappa shape index (κ3) is 3.19. The van der Waals surface area contributed by atoms with E-state index in [1.165, 1.54) is 4.88 Å². The van der Waals surface area contributed by atoms with E-state index in [4.69, 9.17) is 5.73 Å². The van der Waals surface area contributed by atoms with Crippen LogP contribution in [0.3, 0.4) is 0 Å². The molecule has 92 valence electrons. The van der Waals surface area contributed by atoms with Crippen LogP contribution < -0.4 is 10.6 Å². The minimum absolute atomic E-state index is 0.485. The largest absolute Gasteiger partial charge is 0.345 e.